The number of sulfonamides is 1. The van der Waals surface area contributed by atoms with E-state index in [1.165, 1.54) is 29.4 Å². The third-order valence-corrected chi connectivity index (χ3v) is 9.57. The average molecular weight is 669 g/mol. The van der Waals surface area contributed by atoms with Crippen LogP contribution in [0.15, 0.2) is 29.8 Å². The number of carbonyl (C=O) groups is 2. The highest BCUT2D eigenvalue weighted by Gasteiger charge is 2.35. The van der Waals surface area contributed by atoms with Crippen molar-refractivity contribution in [3.63, 3.8) is 0 Å². The predicted octanol–water partition coefficient (Wildman–Crippen LogP) is 2.68. The number of aliphatic hydroxyl groups is 1. The largest absolute Gasteiger partial charge is 0.416 e. The zero-order valence-electron chi connectivity index (χ0n) is 26.7. The number of allylic oxidation sites excluding steroid dienone is 1. The standard InChI is InChI=1S/C31H43F3N6O5S/c1-20(2)13-29(43)36-16-24-14-23(5-6-27(24)31(32,33)34)30-26-19-39(46(4,44)45)12-9-28(26)40(37-30)18-25(42)17-38-10-7-22(8-11-38)15-35-21(3)41/h5-6,13-14,22,25,42H,7-12,15-19H2,1-4H3,(H,35,41)(H,36,43). The highest BCUT2D eigenvalue weighted by molar-refractivity contribution is 7.88. The topological polar surface area (TPSA) is 137 Å². The molecule has 11 nitrogen and oxygen atoms in total. The minimum atomic E-state index is -4.66. The SMILES string of the molecule is CC(=O)NCC1CCN(CC(O)Cn2nc(-c3ccc(C(F)(F)F)c(CNC(=O)C=C(C)C)c3)c3c2CCN(S(C)(=O)=O)C3)CC1. The molecule has 2 aliphatic rings. The molecule has 1 atom stereocenters. The molecule has 254 valence electrons. The van der Waals surface area contributed by atoms with Crippen LogP contribution < -0.4 is 10.6 Å². The van der Waals surface area contributed by atoms with Gasteiger partial charge in [-0.15, -0.1) is 0 Å². The highest BCUT2D eigenvalue weighted by atomic mass is 32.2. The smallest absolute Gasteiger partial charge is 0.390 e. The Kier molecular flexibility index (Phi) is 11.3. The molecule has 0 bridgehead atoms. The first-order valence-electron chi connectivity index (χ1n) is 15.3. The number of hydrogen-bond donors (Lipinski definition) is 3. The minimum Gasteiger partial charge on any atom is -0.390 e. The fraction of sp³-hybridized carbons (Fsp3) is 0.581. The molecule has 1 fully saturated rings. The lowest BCUT2D eigenvalue weighted by Crippen LogP contribution is -2.42. The zero-order valence-corrected chi connectivity index (χ0v) is 27.5. The molecule has 0 radical (unpaired) electrons. The number of nitrogens with zero attached hydrogens (tertiary/aromatic N) is 4. The summed E-state index contributed by atoms with van der Waals surface area (Å²) >= 11 is 0. The molecule has 3 heterocycles. The van der Waals surface area contributed by atoms with Crippen LogP contribution in [0.2, 0.25) is 0 Å². The molecule has 4 rings (SSSR count). The van der Waals surface area contributed by atoms with E-state index in [9.17, 15) is 36.3 Å². The second-order valence-electron chi connectivity index (χ2n) is 12.4. The molecule has 2 aliphatic heterocycles. The Morgan fingerprint density at radius 1 is 1.11 bits per heavy atom. The molecular weight excluding hydrogens is 625 g/mol. The first kappa shape index (κ1) is 35.6. The number of aliphatic hydroxyl groups excluding tert-OH is 1. The van der Waals surface area contributed by atoms with Gasteiger partial charge in [-0.05, 0) is 63.4 Å². The molecule has 1 unspecified atom stereocenters. The molecule has 0 spiro atoms. The number of aromatic nitrogens is 2. The first-order valence-corrected chi connectivity index (χ1v) is 17.2. The van der Waals surface area contributed by atoms with E-state index in [2.05, 4.69) is 15.5 Å². The van der Waals surface area contributed by atoms with Crippen LogP contribution in [0.25, 0.3) is 11.3 Å². The fourth-order valence-electron chi connectivity index (χ4n) is 6.01. The summed E-state index contributed by atoms with van der Waals surface area (Å²) in [5.41, 5.74) is 1.63. The lowest BCUT2D eigenvalue weighted by molar-refractivity contribution is -0.138. The van der Waals surface area contributed by atoms with Crippen molar-refractivity contribution < 1.29 is 36.3 Å². The van der Waals surface area contributed by atoms with Gasteiger partial charge in [-0.1, -0.05) is 11.6 Å². The summed E-state index contributed by atoms with van der Waals surface area (Å²) in [6, 6.07) is 3.59. The minimum absolute atomic E-state index is 0.00489. The molecule has 15 heteroatoms. The average Bonchev–Trinajstić information content (AvgIpc) is 3.31. The van der Waals surface area contributed by atoms with E-state index in [0.29, 0.717) is 47.8 Å². The summed E-state index contributed by atoms with van der Waals surface area (Å²) < 4.78 is 69.7. The molecule has 46 heavy (non-hydrogen) atoms. The molecule has 3 N–H and O–H groups in total. The number of piperidine rings is 1. The highest BCUT2D eigenvalue weighted by Crippen LogP contribution is 2.37. The van der Waals surface area contributed by atoms with Crippen LogP contribution in [-0.2, 0) is 51.8 Å². The van der Waals surface area contributed by atoms with Crippen molar-refractivity contribution in [2.24, 2.45) is 5.92 Å². The lowest BCUT2D eigenvalue weighted by Gasteiger charge is -2.33. The van der Waals surface area contributed by atoms with Crippen molar-refractivity contribution in [3.05, 3.63) is 52.2 Å². The van der Waals surface area contributed by atoms with E-state index in [1.807, 2.05) is 0 Å². The van der Waals surface area contributed by atoms with E-state index in [-0.39, 0.29) is 37.6 Å². The van der Waals surface area contributed by atoms with Gasteiger partial charge in [0, 0.05) is 69.0 Å². The van der Waals surface area contributed by atoms with Gasteiger partial charge >= 0.3 is 6.18 Å². The van der Waals surface area contributed by atoms with Crippen LogP contribution >= 0.6 is 0 Å². The molecule has 0 aliphatic carbocycles. The lowest BCUT2D eigenvalue weighted by atomic mass is 9.96. The van der Waals surface area contributed by atoms with Gasteiger partial charge in [0.1, 0.15) is 0 Å². The first-order chi connectivity index (χ1) is 21.5. The van der Waals surface area contributed by atoms with Crippen LogP contribution in [0.4, 0.5) is 13.2 Å². The third-order valence-electron chi connectivity index (χ3n) is 8.32. The molecule has 1 saturated heterocycles. The number of halogens is 3. The van der Waals surface area contributed by atoms with Gasteiger partial charge in [0.2, 0.25) is 21.8 Å². The quantitative estimate of drug-likeness (QED) is 0.314. The number of nitrogens with one attached hydrogen (secondary N) is 2. The van der Waals surface area contributed by atoms with Crippen LogP contribution in [0.5, 0.6) is 0 Å². The number of fused-ring (bicyclic) bond motifs is 1. The van der Waals surface area contributed by atoms with Crippen LogP contribution in [0.1, 0.15) is 56.0 Å². The summed E-state index contributed by atoms with van der Waals surface area (Å²) in [4.78, 5) is 25.6. The number of amides is 2. The normalized spacial score (nSPS) is 17.3. The Labute approximate surface area is 267 Å². The summed E-state index contributed by atoms with van der Waals surface area (Å²) in [6.07, 6.45) is -0.955. The molecule has 0 saturated carbocycles. The summed E-state index contributed by atoms with van der Waals surface area (Å²) in [5.74, 6) is -0.196. The van der Waals surface area contributed by atoms with Gasteiger partial charge in [-0.25, -0.2) is 8.42 Å². The van der Waals surface area contributed by atoms with Crippen molar-refractivity contribution >= 4 is 21.8 Å². The van der Waals surface area contributed by atoms with E-state index in [0.717, 1.165) is 43.9 Å². The number of hydrogen-bond acceptors (Lipinski definition) is 7. The Bertz CT molecular complexity index is 1560. The molecule has 2 amide bonds. The van der Waals surface area contributed by atoms with E-state index in [4.69, 9.17) is 5.10 Å². The maximum Gasteiger partial charge on any atom is 0.416 e. The molecule has 1 aromatic heterocycles. The maximum atomic E-state index is 13.9. The maximum absolute atomic E-state index is 13.9. The molecule has 1 aromatic carbocycles. The second kappa shape index (κ2) is 14.7. The Hall–Kier alpha value is -3.27. The van der Waals surface area contributed by atoms with Crippen molar-refractivity contribution in [1.29, 1.82) is 0 Å². The van der Waals surface area contributed by atoms with E-state index in [1.54, 1.807) is 18.5 Å². The summed E-state index contributed by atoms with van der Waals surface area (Å²) in [5, 5.41) is 21.2. The van der Waals surface area contributed by atoms with Gasteiger partial charge in [0.05, 0.1) is 30.2 Å². The fourth-order valence-corrected chi connectivity index (χ4v) is 6.79. The number of benzene rings is 1. The van der Waals surface area contributed by atoms with Gasteiger partial charge < -0.3 is 20.6 Å². The number of alkyl halides is 3. The van der Waals surface area contributed by atoms with E-state index < -0.39 is 33.8 Å². The summed E-state index contributed by atoms with van der Waals surface area (Å²) in [7, 11) is -3.56. The third kappa shape index (κ3) is 9.39. The molecular formula is C31H43F3N6O5S. The monoisotopic (exact) mass is 668 g/mol. The Morgan fingerprint density at radius 2 is 1.80 bits per heavy atom. The van der Waals surface area contributed by atoms with Gasteiger partial charge in [0.15, 0.2) is 0 Å². The predicted molar refractivity (Wildman–Crippen MR) is 167 cm³/mol. The van der Waals surface area contributed by atoms with Gasteiger partial charge in [0.25, 0.3) is 0 Å². The van der Waals surface area contributed by atoms with Gasteiger partial charge in [-0.2, -0.15) is 22.6 Å². The second-order valence-corrected chi connectivity index (χ2v) is 14.4. The number of likely N-dealkylation sites (tertiary alicyclic amines) is 1. The molecule has 2 aromatic rings. The summed E-state index contributed by atoms with van der Waals surface area (Å²) in [6.45, 7) is 7.42. The number of carbonyl (C=O) groups excluding carboxylic acids is 2. The number of β-amino-alcohol motifs (C(OH)–C–C–N with tert-alkyl or cyclic N) is 1. The van der Waals surface area contributed by atoms with Crippen LogP contribution in [-0.4, -0.2) is 89.4 Å². The van der Waals surface area contributed by atoms with Crippen molar-refractivity contribution in [3.8, 4) is 11.3 Å². The van der Waals surface area contributed by atoms with Crippen LogP contribution in [0, 0.1) is 5.92 Å². The van der Waals surface area contributed by atoms with E-state index >= 15 is 0 Å². The van der Waals surface area contributed by atoms with Crippen molar-refractivity contribution in [1.82, 2.24) is 29.6 Å². The van der Waals surface area contributed by atoms with Crippen LogP contribution in [0.3, 0.4) is 0 Å². The number of rotatable bonds is 11. The Balaban J connectivity index is 1.60. The van der Waals surface area contributed by atoms with Crippen molar-refractivity contribution in [2.75, 3.05) is 39.0 Å². The van der Waals surface area contributed by atoms with Gasteiger partial charge in [-0.3, -0.25) is 14.3 Å². The zero-order chi connectivity index (χ0) is 33.8. The van der Waals surface area contributed by atoms with Crippen molar-refractivity contribution in [2.45, 2.75) is 71.9 Å². The Morgan fingerprint density at radius 3 is 2.41 bits per heavy atom.